The van der Waals surface area contributed by atoms with Crippen molar-refractivity contribution in [1.29, 1.82) is 0 Å². The normalized spacial score (nSPS) is 12.3. The second kappa shape index (κ2) is 12.7. The molecule has 192 valence electrons. The summed E-state index contributed by atoms with van der Waals surface area (Å²) >= 11 is 0. The number of rotatable bonds is 12. The van der Waals surface area contributed by atoms with Gasteiger partial charge < -0.3 is 10.2 Å². The molecule has 35 heavy (non-hydrogen) atoms. The Labute approximate surface area is 208 Å². The minimum absolute atomic E-state index is 0.0564. The number of amides is 2. The maximum absolute atomic E-state index is 13.4. The first-order valence-corrected chi connectivity index (χ1v) is 13.6. The van der Waals surface area contributed by atoms with E-state index in [4.69, 9.17) is 0 Å². The van der Waals surface area contributed by atoms with Crippen LogP contribution in [0.5, 0.6) is 0 Å². The molecule has 0 saturated heterocycles. The van der Waals surface area contributed by atoms with E-state index in [1.165, 1.54) is 21.3 Å². The van der Waals surface area contributed by atoms with E-state index in [1.54, 1.807) is 31.2 Å². The molecule has 0 spiro atoms. The highest BCUT2D eigenvalue weighted by Crippen LogP contribution is 2.23. The number of carbonyl (C=O) groups is 2. The Morgan fingerprint density at radius 2 is 1.66 bits per heavy atom. The highest BCUT2D eigenvalue weighted by molar-refractivity contribution is 7.92. The van der Waals surface area contributed by atoms with Crippen molar-refractivity contribution in [3.63, 3.8) is 0 Å². The van der Waals surface area contributed by atoms with Gasteiger partial charge in [-0.15, -0.1) is 0 Å². The number of nitrogens with zero attached hydrogens (tertiary/aromatic N) is 2. The minimum Gasteiger partial charge on any atom is -0.354 e. The molecule has 0 bridgehead atoms. The predicted octanol–water partition coefficient (Wildman–Crippen LogP) is 3.87. The van der Waals surface area contributed by atoms with Gasteiger partial charge in [-0.2, -0.15) is 0 Å². The Hall–Kier alpha value is -2.94. The summed E-state index contributed by atoms with van der Waals surface area (Å²) in [6.07, 6.45) is 1.48. The Morgan fingerprint density at radius 1 is 1.03 bits per heavy atom. The van der Waals surface area contributed by atoms with Crippen molar-refractivity contribution in [3.05, 3.63) is 65.5 Å². The van der Waals surface area contributed by atoms with Crippen LogP contribution in [0.25, 0.3) is 0 Å². The van der Waals surface area contributed by atoms with Crippen molar-refractivity contribution in [1.82, 2.24) is 10.2 Å². The molecule has 0 heterocycles. The fourth-order valence-electron chi connectivity index (χ4n) is 3.65. The van der Waals surface area contributed by atoms with Crippen molar-refractivity contribution < 1.29 is 22.4 Å². The Balaban J connectivity index is 2.16. The van der Waals surface area contributed by atoms with Crippen LogP contribution in [-0.4, -0.2) is 50.5 Å². The van der Waals surface area contributed by atoms with Gasteiger partial charge in [0.15, 0.2) is 0 Å². The monoisotopic (exact) mass is 505 g/mol. The zero-order valence-corrected chi connectivity index (χ0v) is 21.9. The first-order chi connectivity index (χ1) is 16.4. The number of halogens is 1. The number of carbonyl (C=O) groups excluding carboxylic acids is 2. The summed E-state index contributed by atoms with van der Waals surface area (Å²) in [5, 5.41) is 2.85. The number of nitrogens with one attached hydrogen (secondary N) is 1. The highest BCUT2D eigenvalue weighted by Gasteiger charge is 2.27. The summed E-state index contributed by atoms with van der Waals surface area (Å²) in [5.41, 5.74) is 2.09. The smallest absolute Gasteiger partial charge is 0.242 e. The summed E-state index contributed by atoms with van der Waals surface area (Å²) < 4.78 is 39.5. The van der Waals surface area contributed by atoms with Crippen molar-refractivity contribution >= 4 is 27.5 Å². The van der Waals surface area contributed by atoms with Crippen LogP contribution in [0.2, 0.25) is 0 Å². The molecule has 0 fully saturated rings. The average molecular weight is 506 g/mol. The standard InChI is InChI=1S/C26H36FN3O4S/c1-19(2)17-28-26(32)21(4)29(18-22-12-14-23(27)15-13-22)25(31)11-8-16-30(35(5,33)34)24-10-7-6-9-20(24)3/h6-7,9-10,12-15,19,21H,8,11,16-18H2,1-5H3,(H,28,32)/t21-/m1/s1. The van der Waals surface area contributed by atoms with E-state index in [-0.39, 0.29) is 49.5 Å². The molecule has 2 amide bonds. The van der Waals surface area contributed by atoms with Crippen LogP contribution < -0.4 is 9.62 Å². The SMILES string of the molecule is Cc1ccccc1N(CCCC(=O)N(Cc1ccc(F)cc1)[C@H](C)C(=O)NCC(C)C)S(C)(=O)=O. The molecule has 1 atom stereocenters. The first-order valence-electron chi connectivity index (χ1n) is 11.7. The van der Waals surface area contributed by atoms with Gasteiger partial charge in [-0.05, 0) is 55.5 Å². The third-order valence-corrected chi connectivity index (χ3v) is 6.83. The van der Waals surface area contributed by atoms with Crippen LogP contribution in [0.15, 0.2) is 48.5 Å². The lowest BCUT2D eigenvalue weighted by Crippen LogP contribution is -2.48. The van der Waals surface area contributed by atoms with Gasteiger partial charge in [-0.3, -0.25) is 13.9 Å². The van der Waals surface area contributed by atoms with Gasteiger partial charge in [0.05, 0.1) is 11.9 Å². The molecule has 9 heteroatoms. The number of anilines is 1. The number of hydrogen-bond donors (Lipinski definition) is 1. The van der Waals surface area contributed by atoms with Gasteiger partial charge in [0.1, 0.15) is 11.9 Å². The van der Waals surface area contributed by atoms with E-state index in [1.807, 2.05) is 32.9 Å². The Morgan fingerprint density at radius 3 is 2.23 bits per heavy atom. The van der Waals surface area contributed by atoms with Crippen LogP contribution in [0.3, 0.4) is 0 Å². The maximum atomic E-state index is 13.4. The molecule has 0 aromatic heterocycles. The lowest BCUT2D eigenvalue weighted by atomic mass is 10.1. The Kier molecular flexibility index (Phi) is 10.2. The zero-order valence-electron chi connectivity index (χ0n) is 21.1. The fraction of sp³-hybridized carbons (Fsp3) is 0.462. The highest BCUT2D eigenvalue weighted by atomic mass is 32.2. The fourth-order valence-corrected chi connectivity index (χ4v) is 4.67. The molecule has 0 aliphatic carbocycles. The molecule has 0 aliphatic rings. The number of benzene rings is 2. The summed E-state index contributed by atoms with van der Waals surface area (Å²) in [5.74, 6) is -0.672. The number of para-hydroxylation sites is 1. The summed E-state index contributed by atoms with van der Waals surface area (Å²) in [6.45, 7) is 8.22. The molecule has 2 aromatic carbocycles. The van der Waals surface area contributed by atoms with E-state index < -0.39 is 16.1 Å². The lowest BCUT2D eigenvalue weighted by Gasteiger charge is -2.30. The minimum atomic E-state index is -3.55. The Bertz CT molecular complexity index is 1100. The number of sulfonamides is 1. The van der Waals surface area contributed by atoms with Gasteiger partial charge in [0, 0.05) is 26.1 Å². The number of aryl methyl sites for hydroxylation is 1. The topological polar surface area (TPSA) is 86.8 Å². The average Bonchev–Trinajstić information content (AvgIpc) is 2.79. The molecule has 2 rings (SSSR count). The van der Waals surface area contributed by atoms with Crippen molar-refractivity contribution in [3.8, 4) is 0 Å². The van der Waals surface area contributed by atoms with Crippen LogP contribution >= 0.6 is 0 Å². The van der Waals surface area contributed by atoms with Crippen LogP contribution in [0.4, 0.5) is 10.1 Å². The molecule has 0 radical (unpaired) electrons. The van der Waals surface area contributed by atoms with E-state index in [9.17, 15) is 22.4 Å². The predicted molar refractivity (Wildman–Crippen MR) is 137 cm³/mol. The molecule has 7 nitrogen and oxygen atoms in total. The first kappa shape index (κ1) is 28.3. The molecular weight excluding hydrogens is 469 g/mol. The summed E-state index contributed by atoms with van der Waals surface area (Å²) in [4.78, 5) is 27.4. The molecule has 0 aliphatic heterocycles. The van der Waals surface area contributed by atoms with Crippen LogP contribution in [-0.2, 0) is 26.2 Å². The number of hydrogen-bond acceptors (Lipinski definition) is 4. The van der Waals surface area contributed by atoms with Gasteiger partial charge in [-0.25, -0.2) is 12.8 Å². The van der Waals surface area contributed by atoms with E-state index in [0.29, 0.717) is 17.8 Å². The summed E-state index contributed by atoms with van der Waals surface area (Å²) in [7, 11) is -3.55. The van der Waals surface area contributed by atoms with E-state index in [2.05, 4.69) is 5.32 Å². The third kappa shape index (κ3) is 8.65. The maximum Gasteiger partial charge on any atom is 0.242 e. The van der Waals surface area contributed by atoms with Crippen molar-refractivity contribution in [2.45, 2.75) is 53.1 Å². The van der Waals surface area contributed by atoms with Crippen LogP contribution in [0, 0.1) is 18.7 Å². The molecule has 0 unspecified atom stereocenters. The van der Waals surface area contributed by atoms with Crippen LogP contribution in [0.1, 0.15) is 44.7 Å². The zero-order chi connectivity index (χ0) is 26.2. The van der Waals surface area contributed by atoms with Gasteiger partial charge in [0.25, 0.3) is 0 Å². The lowest BCUT2D eigenvalue weighted by molar-refractivity contribution is -0.140. The third-order valence-electron chi connectivity index (χ3n) is 5.65. The second-order valence-corrected chi connectivity index (χ2v) is 11.1. The molecule has 2 aromatic rings. The molecule has 1 N–H and O–H groups in total. The van der Waals surface area contributed by atoms with Crippen molar-refractivity contribution in [2.24, 2.45) is 5.92 Å². The summed E-state index contributed by atoms with van der Waals surface area (Å²) in [6, 6.07) is 12.2. The quantitative estimate of drug-likeness (QED) is 0.475. The van der Waals surface area contributed by atoms with Crippen molar-refractivity contribution in [2.75, 3.05) is 23.7 Å². The van der Waals surface area contributed by atoms with Gasteiger partial charge >= 0.3 is 0 Å². The van der Waals surface area contributed by atoms with E-state index in [0.717, 1.165) is 11.8 Å². The molecular formula is C26H36FN3O4S. The largest absolute Gasteiger partial charge is 0.354 e. The van der Waals surface area contributed by atoms with E-state index >= 15 is 0 Å². The van der Waals surface area contributed by atoms with Gasteiger partial charge in [-0.1, -0.05) is 44.2 Å². The second-order valence-electron chi connectivity index (χ2n) is 9.19. The van der Waals surface area contributed by atoms with Gasteiger partial charge in [0.2, 0.25) is 21.8 Å². The molecule has 0 saturated carbocycles.